The summed E-state index contributed by atoms with van der Waals surface area (Å²) in [7, 11) is 0. The summed E-state index contributed by atoms with van der Waals surface area (Å²) in [6, 6.07) is 14.5. The Kier molecular flexibility index (Phi) is 5.40. The first-order chi connectivity index (χ1) is 12.1. The van der Waals surface area contributed by atoms with Gasteiger partial charge in [0.2, 0.25) is 5.91 Å². The molecule has 0 saturated carbocycles. The van der Waals surface area contributed by atoms with Crippen LogP contribution in [0.3, 0.4) is 0 Å². The summed E-state index contributed by atoms with van der Waals surface area (Å²) in [5, 5.41) is 11.9. The second-order valence-corrected chi connectivity index (χ2v) is 6.05. The standard InChI is InChI=1S/C18H17ClN4O2/c19-14-7-5-13(6-8-14)9-11-20-17(24)10-12-23-18(25)15-3-1-2-4-16(15)21-22-23/h1-8H,9-12H2,(H,20,24). The van der Waals surface area contributed by atoms with Crippen LogP contribution in [0.15, 0.2) is 53.3 Å². The Morgan fingerprint density at radius 3 is 2.68 bits per heavy atom. The zero-order valence-electron chi connectivity index (χ0n) is 13.5. The summed E-state index contributed by atoms with van der Waals surface area (Å²) in [6.45, 7) is 0.724. The van der Waals surface area contributed by atoms with Gasteiger partial charge >= 0.3 is 0 Å². The highest BCUT2D eigenvalue weighted by Crippen LogP contribution is 2.09. The maximum absolute atomic E-state index is 12.3. The Labute approximate surface area is 149 Å². The minimum Gasteiger partial charge on any atom is -0.356 e. The Hall–Kier alpha value is -2.73. The monoisotopic (exact) mass is 356 g/mol. The molecule has 3 rings (SSSR count). The van der Waals surface area contributed by atoms with Gasteiger partial charge in [0, 0.05) is 18.0 Å². The van der Waals surface area contributed by atoms with Crippen LogP contribution in [0, 0.1) is 0 Å². The summed E-state index contributed by atoms with van der Waals surface area (Å²) in [6.07, 6.45) is 0.895. The minimum absolute atomic E-state index is 0.129. The van der Waals surface area contributed by atoms with E-state index in [1.54, 1.807) is 24.3 Å². The fourth-order valence-corrected chi connectivity index (χ4v) is 2.59. The van der Waals surface area contributed by atoms with Crippen LogP contribution in [-0.4, -0.2) is 27.4 Å². The van der Waals surface area contributed by atoms with E-state index in [4.69, 9.17) is 11.6 Å². The number of nitrogens with one attached hydrogen (secondary N) is 1. The topological polar surface area (TPSA) is 76.9 Å². The van der Waals surface area contributed by atoms with E-state index in [0.717, 1.165) is 12.0 Å². The first kappa shape index (κ1) is 17.1. The third-order valence-corrected chi connectivity index (χ3v) is 4.08. The Balaban J connectivity index is 1.51. The number of amides is 1. The number of hydrogen-bond acceptors (Lipinski definition) is 4. The van der Waals surface area contributed by atoms with Crippen LogP contribution in [0.25, 0.3) is 10.9 Å². The maximum Gasteiger partial charge on any atom is 0.277 e. The van der Waals surface area contributed by atoms with Gasteiger partial charge in [-0.2, -0.15) is 0 Å². The van der Waals surface area contributed by atoms with Gasteiger partial charge in [-0.1, -0.05) is 41.1 Å². The molecular formula is C18H17ClN4O2. The van der Waals surface area contributed by atoms with E-state index in [9.17, 15) is 9.59 Å². The van der Waals surface area contributed by atoms with Crippen LogP contribution >= 0.6 is 11.6 Å². The third kappa shape index (κ3) is 4.42. The van der Waals surface area contributed by atoms with Gasteiger partial charge in [-0.05, 0) is 36.2 Å². The van der Waals surface area contributed by atoms with Gasteiger partial charge in [-0.3, -0.25) is 9.59 Å². The number of hydrogen-bond donors (Lipinski definition) is 1. The predicted octanol–water partition coefficient (Wildman–Crippen LogP) is 2.19. The van der Waals surface area contributed by atoms with Crippen LogP contribution < -0.4 is 10.9 Å². The number of aromatic nitrogens is 3. The van der Waals surface area contributed by atoms with E-state index in [1.165, 1.54) is 4.68 Å². The van der Waals surface area contributed by atoms with Crippen LogP contribution in [0.4, 0.5) is 0 Å². The summed E-state index contributed by atoms with van der Waals surface area (Å²) in [5.41, 5.74) is 1.41. The second kappa shape index (κ2) is 7.90. The van der Waals surface area contributed by atoms with Gasteiger partial charge in [0.05, 0.1) is 11.9 Å². The maximum atomic E-state index is 12.3. The fraction of sp³-hybridized carbons (Fsp3) is 0.222. The van der Waals surface area contributed by atoms with E-state index in [-0.39, 0.29) is 24.4 Å². The van der Waals surface area contributed by atoms with Crippen molar-refractivity contribution in [3.8, 4) is 0 Å². The zero-order chi connectivity index (χ0) is 17.6. The van der Waals surface area contributed by atoms with Gasteiger partial charge in [0.25, 0.3) is 5.56 Å². The highest BCUT2D eigenvalue weighted by molar-refractivity contribution is 6.30. The first-order valence-electron chi connectivity index (χ1n) is 7.97. The van der Waals surface area contributed by atoms with Gasteiger partial charge in [0.15, 0.2) is 0 Å². The molecule has 1 aromatic heterocycles. The lowest BCUT2D eigenvalue weighted by molar-refractivity contribution is -0.121. The first-order valence-corrected chi connectivity index (χ1v) is 8.35. The van der Waals surface area contributed by atoms with E-state index >= 15 is 0 Å². The van der Waals surface area contributed by atoms with Gasteiger partial charge in [0.1, 0.15) is 5.52 Å². The number of carbonyl (C=O) groups excluding carboxylic acids is 1. The van der Waals surface area contributed by atoms with Crippen molar-refractivity contribution in [3.05, 3.63) is 69.5 Å². The molecule has 1 N–H and O–H groups in total. The molecular weight excluding hydrogens is 340 g/mol. The smallest absolute Gasteiger partial charge is 0.277 e. The molecule has 2 aromatic carbocycles. The number of nitrogens with zero attached hydrogens (tertiary/aromatic N) is 3. The molecule has 25 heavy (non-hydrogen) atoms. The van der Waals surface area contributed by atoms with Crippen LogP contribution in [0.2, 0.25) is 5.02 Å². The van der Waals surface area contributed by atoms with Crippen molar-refractivity contribution in [2.75, 3.05) is 6.54 Å². The SMILES string of the molecule is O=C(CCn1nnc2ccccc2c1=O)NCCc1ccc(Cl)cc1. The van der Waals surface area contributed by atoms with Crippen molar-refractivity contribution >= 4 is 28.4 Å². The molecule has 0 saturated heterocycles. The van der Waals surface area contributed by atoms with Gasteiger partial charge in [-0.25, -0.2) is 4.68 Å². The molecule has 1 amide bonds. The molecule has 0 bridgehead atoms. The number of halogens is 1. The van der Waals surface area contributed by atoms with Crippen molar-refractivity contribution in [1.29, 1.82) is 0 Å². The number of benzene rings is 2. The predicted molar refractivity (Wildman–Crippen MR) is 96.6 cm³/mol. The van der Waals surface area contributed by atoms with E-state index < -0.39 is 0 Å². The normalized spacial score (nSPS) is 10.8. The summed E-state index contributed by atoms with van der Waals surface area (Å²) >= 11 is 5.84. The Morgan fingerprint density at radius 1 is 1.12 bits per heavy atom. The second-order valence-electron chi connectivity index (χ2n) is 5.61. The number of fused-ring (bicyclic) bond motifs is 1. The molecule has 128 valence electrons. The summed E-state index contributed by atoms with van der Waals surface area (Å²) in [4.78, 5) is 24.2. The Morgan fingerprint density at radius 2 is 1.88 bits per heavy atom. The molecule has 0 unspecified atom stereocenters. The fourth-order valence-electron chi connectivity index (χ4n) is 2.46. The Bertz CT molecular complexity index is 938. The number of aryl methyl sites for hydroxylation is 1. The highest BCUT2D eigenvalue weighted by atomic mass is 35.5. The molecule has 0 radical (unpaired) electrons. The molecule has 0 aliphatic rings. The van der Waals surface area contributed by atoms with E-state index in [2.05, 4.69) is 15.6 Å². The zero-order valence-corrected chi connectivity index (χ0v) is 14.2. The molecule has 1 heterocycles. The molecule has 0 aliphatic heterocycles. The van der Waals surface area contributed by atoms with Crippen molar-refractivity contribution in [2.24, 2.45) is 0 Å². The van der Waals surface area contributed by atoms with Gasteiger partial charge < -0.3 is 5.32 Å². The van der Waals surface area contributed by atoms with E-state index in [1.807, 2.05) is 24.3 Å². The van der Waals surface area contributed by atoms with Crippen LogP contribution in [-0.2, 0) is 17.8 Å². The lowest BCUT2D eigenvalue weighted by atomic mass is 10.1. The van der Waals surface area contributed by atoms with Crippen molar-refractivity contribution < 1.29 is 4.79 Å². The number of carbonyl (C=O) groups is 1. The minimum atomic E-state index is -0.237. The molecule has 0 aliphatic carbocycles. The largest absolute Gasteiger partial charge is 0.356 e. The highest BCUT2D eigenvalue weighted by Gasteiger charge is 2.07. The number of rotatable bonds is 6. The lowest BCUT2D eigenvalue weighted by Gasteiger charge is -2.07. The molecule has 7 heteroatoms. The third-order valence-electron chi connectivity index (χ3n) is 3.83. The van der Waals surface area contributed by atoms with Crippen LogP contribution in [0.1, 0.15) is 12.0 Å². The molecule has 0 fully saturated rings. The van der Waals surface area contributed by atoms with Crippen molar-refractivity contribution in [1.82, 2.24) is 20.3 Å². The van der Waals surface area contributed by atoms with Crippen molar-refractivity contribution in [3.63, 3.8) is 0 Å². The molecule has 3 aromatic rings. The summed E-state index contributed by atoms with van der Waals surface area (Å²) in [5.74, 6) is -0.129. The molecule has 0 spiro atoms. The lowest BCUT2D eigenvalue weighted by Crippen LogP contribution is -2.30. The van der Waals surface area contributed by atoms with Crippen molar-refractivity contribution in [2.45, 2.75) is 19.4 Å². The summed E-state index contributed by atoms with van der Waals surface area (Å²) < 4.78 is 1.22. The van der Waals surface area contributed by atoms with Gasteiger partial charge in [-0.15, -0.1) is 5.10 Å². The van der Waals surface area contributed by atoms with E-state index in [0.29, 0.717) is 22.5 Å². The average molecular weight is 357 g/mol. The van der Waals surface area contributed by atoms with Crippen LogP contribution in [0.5, 0.6) is 0 Å². The molecule has 6 nitrogen and oxygen atoms in total. The molecule has 0 atom stereocenters. The quantitative estimate of drug-likeness (QED) is 0.734. The average Bonchev–Trinajstić information content (AvgIpc) is 2.63.